The minimum Gasteiger partial charge on any atom is -0.314 e. The van der Waals surface area contributed by atoms with Crippen LogP contribution in [0.3, 0.4) is 0 Å². The van der Waals surface area contributed by atoms with Crippen molar-refractivity contribution in [2.75, 3.05) is 25.0 Å². The molecule has 0 atom stereocenters. The van der Waals surface area contributed by atoms with Gasteiger partial charge >= 0.3 is 6.18 Å². The Labute approximate surface area is 111 Å². The van der Waals surface area contributed by atoms with Crippen molar-refractivity contribution in [2.24, 2.45) is 0 Å². The molecule has 1 heterocycles. The predicted octanol–water partition coefficient (Wildman–Crippen LogP) is 2.11. The van der Waals surface area contributed by atoms with Gasteiger partial charge in [0.25, 0.3) is 5.56 Å². The van der Waals surface area contributed by atoms with Gasteiger partial charge in [-0.3, -0.25) is 9.69 Å². The largest absolute Gasteiger partial charge is 0.401 e. The second-order valence-electron chi connectivity index (χ2n) is 3.81. The molecule has 1 aromatic rings. The molecule has 0 unspecified atom stereocenters. The van der Waals surface area contributed by atoms with Gasteiger partial charge in [0.1, 0.15) is 0 Å². The van der Waals surface area contributed by atoms with Crippen LogP contribution in [0.2, 0.25) is 0 Å². The van der Waals surface area contributed by atoms with E-state index in [4.69, 9.17) is 0 Å². The molecule has 0 bridgehead atoms. The van der Waals surface area contributed by atoms with Crippen molar-refractivity contribution in [1.29, 1.82) is 0 Å². The lowest BCUT2D eigenvalue weighted by Crippen LogP contribution is -2.38. The molecule has 18 heavy (non-hydrogen) atoms. The molecular weight excluding hydrogens is 313 g/mol. The quantitative estimate of drug-likeness (QED) is 0.748. The highest BCUT2D eigenvalue weighted by Gasteiger charge is 2.30. The lowest BCUT2D eigenvalue weighted by molar-refractivity contribution is -0.145. The third-order valence-electron chi connectivity index (χ3n) is 2.36. The third-order valence-corrected chi connectivity index (χ3v) is 2.71. The molecule has 7 heteroatoms. The molecule has 0 amide bonds. The number of rotatable bonds is 6. The van der Waals surface area contributed by atoms with E-state index in [9.17, 15) is 18.0 Å². The number of pyridine rings is 1. The standard InChI is InChI=1S/C11H14BrF3N2O/c12-4-6-16(9-11(13,14)15)7-8-17-5-2-1-3-10(17)18/h1-3,5H,4,6-9H2. The zero-order valence-corrected chi connectivity index (χ0v) is 11.2. The summed E-state index contributed by atoms with van der Waals surface area (Å²) >= 11 is 3.12. The Morgan fingerprint density at radius 1 is 1.28 bits per heavy atom. The molecule has 0 aliphatic carbocycles. The number of hydrogen-bond donors (Lipinski definition) is 0. The fraction of sp³-hybridized carbons (Fsp3) is 0.545. The average molecular weight is 327 g/mol. The van der Waals surface area contributed by atoms with E-state index in [1.807, 2.05) is 0 Å². The van der Waals surface area contributed by atoms with E-state index in [0.717, 1.165) is 0 Å². The van der Waals surface area contributed by atoms with E-state index >= 15 is 0 Å². The van der Waals surface area contributed by atoms with Crippen molar-refractivity contribution in [3.63, 3.8) is 0 Å². The topological polar surface area (TPSA) is 25.2 Å². The highest BCUT2D eigenvalue weighted by molar-refractivity contribution is 9.09. The molecule has 0 radical (unpaired) electrons. The third kappa shape index (κ3) is 5.68. The van der Waals surface area contributed by atoms with Crippen LogP contribution >= 0.6 is 15.9 Å². The second kappa shape index (κ2) is 6.94. The van der Waals surface area contributed by atoms with Crippen molar-refractivity contribution in [2.45, 2.75) is 12.7 Å². The number of aromatic nitrogens is 1. The normalized spacial score (nSPS) is 12.1. The summed E-state index contributed by atoms with van der Waals surface area (Å²) < 4.78 is 38.3. The number of hydrogen-bond acceptors (Lipinski definition) is 2. The first kappa shape index (κ1) is 15.2. The zero-order valence-electron chi connectivity index (χ0n) is 9.66. The summed E-state index contributed by atoms with van der Waals surface area (Å²) in [6.07, 6.45) is -2.65. The molecule has 0 spiro atoms. The Hall–Kier alpha value is -0.820. The summed E-state index contributed by atoms with van der Waals surface area (Å²) in [6, 6.07) is 4.67. The van der Waals surface area contributed by atoms with Crippen LogP contribution in [-0.4, -0.2) is 40.6 Å². The van der Waals surface area contributed by atoms with E-state index in [0.29, 0.717) is 11.9 Å². The molecule has 0 aliphatic heterocycles. The van der Waals surface area contributed by atoms with Crippen LogP contribution < -0.4 is 5.56 Å². The van der Waals surface area contributed by atoms with Gasteiger partial charge in [-0.1, -0.05) is 22.0 Å². The van der Waals surface area contributed by atoms with Crippen LogP contribution in [0.15, 0.2) is 29.2 Å². The maximum absolute atomic E-state index is 12.3. The first-order chi connectivity index (χ1) is 8.42. The summed E-state index contributed by atoms with van der Waals surface area (Å²) in [4.78, 5) is 12.7. The Morgan fingerprint density at radius 3 is 2.56 bits per heavy atom. The van der Waals surface area contributed by atoms with Gasteiger partial charge in [-0.05, 0) is 6.07 Å². The van der Waals surface area contributed by atoms with Gasteiger partial charge in [0.15, 0.2) is 0 Å². The van der Waals surface area contributed by atoms with Gasteiger partial charge in [0.2, 0.25) is 0 Å². The van der Waals surface area contributed by atoms with Gasteiger partial charge in [-0.15, -0.1) is 0 Å². The maximum Gasteiger partial charge on any atom is 0.401 e. The number of alkyl halides is 4. The molecule has 0 aliphatic rings. The Bertz CT molecular complexity index is 419. The second-order valence-corrected chi connectivity index (χ2v) is 4.61. The van der Waals surface area contributed by atoms with Gasteiger partial charge in [0.05, 0.1) is 6.54 Å². The summed E-state index contributed by atoms with van der Waals surface area (Å²) in [6.45, 7) is -0.223. The Balaban J connectivity index is 2.57. The minimum absolute atomic E-state index is 0.190. The van der Waals surface area contributed by atoms with Crippen LogP contribution in [0.25, 0.3) is 0 Å². The highest BCUT2D eigenvalue weighted by Crippen LogP contribution is 2.16. The van der Waals surface area contributed by atoms with E-state index in [2.05, 4.69) is 15.9 Å². The van der Waals surface area contributed by atoms with Gasteiger partial charge in [-0.2, -0.15) is 13.2 Å². The minimum atomic E-state index is -4.22. The molecule has 102 valence electrons. The molecule has 0 saturated carbocycles. The first-order valence-corrected chi connectivity index (χ1v) is 6.55. The molecular formula is C11H14BrF3N2O. The van der Waals surface area contributed by atoms with E-state index < -0.39 is 12.7 Å². The molecule has 3 nitrogen and oxygen atoms in total. The van der Waals surface area contributed by atoms with Crippen molar-refractivity contribution in [3.05, 3.63) is 34.7 Å². The van der Waals surface area contributed by atoms with Crippen LogP contribution in [0, 0.1) is 0 Å². The van der Waals surface area contributed by atoms with E-state index in [1.165, 1.54) is 15.5 Å². The lowest BCUT2D eigenvalue weighted by atomic mass is 10.4. The first-order valence-electron chi connectivity index (χ1n) is 5.43. The van der Waals surface area contributed by atoms with E-state index in [1.54, 1.807) is 18.3 Å². The molecule has 0 saturated heterocycles. The van der Waals surface area contributed by atoms with Gasteiger partial charge in [-0.25, -0.2) is 0 Å². The summed E-state index contributed by atoms with van der Waals surface area (Å²) in [7, 11) is 0. The van der Waals surface area contributed by atoms with Crippen LogP contribution in [0.5, 0.6) is 0 Å². The van der Waals surface area contributed by atoms with Crippen LogP contribution in [0.1, 0.15) is 0 Å². The van der Waals surface area contributed by atoms with Crippen LogP contribution in [-0.2, 0) is 6.54 Å². The van der Waals surface area contributed by atoms with Crippen molar-refractivity contribution >= 4 is 15.9 Å². The number of halogens is 4. The van der Waals surface area contributed by atoms with Gasteiger partial charge in [0, 0.05) is 37.2 Å². The Morgan fingerprint density at radius 2 is 2.00 bits per heavy atom. The highest BCUT2D eigenvalue weighted by atomic mass is 79.9. The van der Waals surface area contributed by atoms with E-state index in [-0.39, 0.29) is 18.6 Å². The number of nitrogens with zero attached hydrogens (tertiary/aromatic N) is 2. The molecule has 1 rings (SSSR count). The van der Waals surface area contributed by atoms with Crippen molar-refractivity contribution < 1.29 is 13.2 Å². The zero-order chi connectivity index (χ0) is 13.6. The lowest BCUT2D eigenvalue weighted by Gasteiger charge is -2.22. The molecule has 0 N–H and O–H groups in total. The molecule has 0 aromatic carbocycles. The average Bonchev–Trinajstić information content (AvgIpc) is 2.26. The van der Waals surface area contributed by atoms with Crippen LogP contribution in [0.4, 0.5) is 13.2 Å². The maximum atomic E-state index is 12.3. The fourth-order valence-corrected chi connectivity index (χ4v) is 2.04. The summed E-state index contributed by atoms with van der Waals surface area (Å²) in [5.41, 5.74) is -0.205. The fourth-order valence-electron chi connectivity index (χ4n) is 1.54. The smallest absolute Gasteiger partial charge is 0.314 e. The SMILES string of the molecule is O=c1ccccn1CCN(CCBr)CC(F)(F)F. The molecule has 0 fully saturated rings. The Kier molecular flexibility index (Phi) is 5.87. The van der Waals surface area contributed by atoms with Crippen molar-refractivity contribution in [3.8, 4) is 0 Å². The van der Waals surface area contributed by atoms with Gasteiger partial charge < -0.3 is 4.57 Å². The monoisotopic (exact) mass is 326 g/mol. The predicted molar refractivity (Wildman–Crippen MR) is 67.0 cm³/mol. The molecule has 1 aromatic heterocycles. The summed E-state index contributed by atoms with van der Waals surface area (Å²) in [5, 5.41) is 0.465. The summed E-state index contributed by atoms with van der Waals surface area (Å²) in [5.74, 6) is 0. The van der Waals surface area contributed by atoms with Crippen molar-refractivity contribution in [1.82, 2.24) is 9.47 Å².